The van der Waals surface area contributed by atoms with Gasteiger partial charge in [0, 0.05) is 18.9 Å². The summed E-state index contributed by atoms with van der Waals surface area (Å²) in [6, 6.07) is 15.4. The lowest BCUT2D eigenvalue weighted by Gasteiger charge is -2.11. The van der Waals surface area contributed by atoms with E-state index in [1.807, 2.05) is 36.5 Å². The second kappa shape index (κ2) is 7.41. The molecule has 0 atom stereocenters. The minimum Gasteiger partial charge on any atom is -0.481 e. The van der Waals surface area contributed by atoms with Crippen LogP contribution in [0.4, 0.5) is 4.39 Å². The van der Waals surface area contributed by atoms with E-state index in [9.17, 15) is 9.18 Å². The molecule has 1 aromatic heterocycles. The summed E-state index contributed by atoms with van der Waals surface area (Å²) in [4.78, 5) is 11.9. The van der Waals surface area contributed by atoms with E-state index in [-0.39, 0.29) is 18.3 Å². The third-order valence-corrected chi connectivity index (χ3v) is 3.41. The molecule has 1 amide bonds. The van der Waals surface area contributed by atoms with Gasteiger partial charge in [-0.3, -0.25) is 4.79 Å². The molecular weight excluding hydrogens is 309 g/mol. The lowest BCUT2D eigenvalue weighted by atomic mass is 10.2. The molecule has 0 unspecified atom stereocenters. The van der Waals surface area contributed by atoms with Crippen LogP contribution in [-0.4, -0.2) is 22.3 Å². The number of hydrogen-bond donors (Lipinski definition) is 1. The second-order valence-corrected chi connectivity index (χ2v) is 5.08. The fourth-order valence-corrected chi connectivity index (χ4v) is 2.25. The van der Waals surface area contributed by atoms with Crippen molar-refractivity contribution in [1.29, 1.82) is 0 Å². The van der Waals surface area contributed by atoms with Crippen LogP contribution >= 0.6 is 0 Å². The summed E-state index contributed by atoms with van der Waals surface area (Å²) < 4.78 is 20.4. The van der Waals surface area contributed by atoms with Gasteiger partial charge in [-0.05, 0) is 29.8 Å². The van der Waals surface area contributed by atoms with Crippen molar-refractivity contribution in [2.45, 2.75) is 6.54 Å². The SMILES string of the molecule is O=C(COc1ccccc1F)NCc1ccccc1-n1cccn1. The fourth-order valence-electron chi connectivity index (χ4n) is 2.25. The number of para-hydroxylation sites is 2. The quantitative estimate of drug-likeness (QED) is 0.758. The predicted octanol–water partition coefficient (Wildman–Crippen LogP) is 2.71. The van der Waals surface area contributed by atoms with Gasteiger partial charge >= 0.3 is 0 Å². The van der Waals surface area contributed by atoms with Crippen LogP contribution in [0.15, 0.2) is 67.0 Å². The molecule has 3 aromatic rings. The van der Waals surface area contributed by atoms with Crippen molar-refractivity contribution in [2.24, 2.45) is 0 Å². The third-order valence-electron chi connectivity index (χ3n) is 3.41. The highest BCUT2D eigenvalue weighted by Crippen LogP contribution is 2.15. The number of hydrogen-bond acceptors (Lipinski definition) is 3. The molecule has 0 radical (unpaired) electrons. The van der Waals surface area contributed by atoms with E-state index in [1.54, 1.807) is 23.0 Å². The van der Waals surface area contributed by atoms with Gasteiger partial charge in [0.05, 0.1) is 5.69 Å². The van der Waals surface area contributed by atoms with Gasteiger partial charge in [0.2, 0.25) is 0 Å². The van der Waals surface area contributed by atoms with Crippen LogP contribution in [0.2, 0.25) is 0 Å². The number of ether oxygens (including phenoxy) is 1. The van der Waals surface area contributed by atoms with Crippen LogP contribution < -0.4 is 10.1 Å². The molecule has 3 rings (SSSR count). The number of nitrogens with one attached hydrogen (secondary N) is 1. The Bertz CT molecular complexity index is 819. The number of carbonyl (C=O) groups excluding carboxylic acids is 1. The zero-order chi connectivity index (χ0) is 16.8. The maximum atomic E-state index is 13.4. The highest BCUT2D eigenvalue weighted by Gasteiger charge is 2.08. The van der Waals surface area contributed by atoms with Crippen LogP contribution in [0.25, 0.3) is 5.69 Å². The van der Waals surface area contributed by atoms with Crippen molar-refractivity contribution in [2.75, 3.05) is 6.61 Å². The molecule has 1 N–H and O–H groups in total. The lowest BCUT2D eigenvalue weighted by molar-refractivity contribution is -0.123. The summed E-state index contributed by atoms with van der Waals surface area (Å²) in [7, 11) is 0. The molecule has 0 bridgehead atoms. The molecule has 0 fully saturated rings. The van der Waals surface area contributed by atoms with E-state index >= 15 is 0 Å². The molecule has 122 valence electrons. The molecule has 0 aliphatic rings. The van der Waals surface area contributed by atoms with Crippen molar-refractivity contribution >= 4 is 5.91 Å². The molecule has 24 heavy (non-hydrogen) atoms. The molecule has 0 aliphatic carbocycles. The van der Waals surface area contributed by atoms with Crippen LogP contribution in [0.5, 0.6) is 5.75 Å². The molecule has 2 aromatic carbocycles. The molecular formula is C18H16FN3O2. The zero-order valence-electron chi connectivity index (χ0n) is 12.9. The maximum Gasteiger partial charge on any atom is 0.258 e. The maximum absolute atomic E-state index is 13.4. The van der Waals surface area contributed by atoms with Crippen molar-refractivity contribution in [3.63, 3.8) is 0 Å². The number of aromatic nitrogens is 2. The number of nitrogens with zero attached hydrogens (tertiary/aromatic N) is 2. The molecule has 5 nitrogen and oxygen atoms in total. The van der Waals surface area contributed by atoms with Gasteiger partial charge < -0.3 is 10.1 Å². The molecule has 0 spiro atoms. The Morgan fingerprint density at radius 3 is 2.71 bits per heavy atom. The number of benzene rings is 2. The largest absolute Gasteiger partial charge is 0.481 e. The summed E-state index contributed by atoms with van der Waals surface area (Å²) in [6.45, 7) is 0.0837. The molecule has 0 saturated carbocycles. The summed E-state index contributed by atoms with van der Waals surface area (Å²) in [5.74, 6) is -0.757. The summed E-state index contributed by atoms with van der Waals surface area (Å²) >= 11 is 0. The van der Waals surface area contributed by atoms with Gasteiger partial charge in [-0.1, -0.05) is 30.3 Å². The Morgan fingerprint density at radius 1 is 1.12 bits per heavy atom. The standard InChI is InChI=1S/C18H16FN3O2/c19-15-7-2-4-9-17(15)24-13-18(23)20-12-14-6-1-3-8-16(14)22-11-5-10-21-22/h1-11H,12-13H2,(H,20,23). The first-order chi connectivity index (χ1) is 11.7. The number of rotatable bonds is 6. The average Bonchev–Trinajstić information content (AvgIpc) is 3.14. The fraction of sp³-hybridized carbons (Fsp3) is 0.111. The Kier molecular flexibility index (Phi) is 4.86. The Hall–Kier alpha value is -3.15. The van der Waals surface area contributed by atoms with E-state index in [2.05, 4.69) is 10.4 Å². The predicted molar refractivity (Wildman–Crippen MR) is 87.3 cm³/mol. The summed E-state index contributed by atoms with van der Waals surface area (Å²) in [5.41, 5.74) is 1.80. The number of amides is 1. The monoisotopic (exact) mass is 325 g/mol. The third kappa shape index (κ3) is 3.78. The zero-order valence-corrected chi connectivity index (χ0v) is 12.9. The van der Waals surface area contributed by atoms with E-state index in [4.69, 9.17) is 4.74 Å². The van der Waals surface area contributed by atoms with E-state index in [0.717, 1.165) is 11.3 Å². The smallest absolute Gasteiger partial charge is 0.258 e. The first-order valence-electron chi connectivity index (χ1n) is 7.46. The normalized spacial score (nSPS) is 10.4. The minimum absolute atomic E-state index is 0.0598. The van der Waals surface area contributed by atoms with E-state index in [1.165, 1.54) is 12.1 Å². The molecule has 0 aliphatic heterocycles. The highest BCUT2D eigenvalue weighted by molar-refractivity contribution is 5.77. The number of halogens is 1. The summed E-state index contributed by atoms with van der Waals surface area (Å²) in [6.07, 6.45) is 3.53. The minimum atomic E-state index is -0.491. The number of carbonyl (C=O) groups is 1. The van der Waals surface area contributed by atoms with Crippen molar-refractivity contribution < 1.29 is 13.9 Å². The van der Waals surface area contributed by atoms with Crippen LogP contribution in [-0.2, 0) is 11.3 Å². The molecule has 0 saturated heterocycles. The van der Waals surface area contributed by atoms with Crippen LogP contribution in [0.3, 0.4) is 0 Å². The molecule has 6 heteroatoms. The van der Waals surface area contributed by atoms with Crippen LogP contribution in [0.1, 0.15) is 5.56 Å². The Labute approximate surface area is 138 Å². The average molecular weight is 325 g/mol. The highest BCUT2D eigenvalue weighted by atomic mass is 19.1. The van der Waals surface area contributed by atoms with Gasteiger partial charge in [0.1, 0.15) is 0 Å². The first kappa shape index (κ1) is 15.7. The topological polar surface area (TPSA) is 56.1 Å². The Balaban J connectivity index is 1.58. The second-order valence-electron chi connectivity index (χ2n) is 5.08. The first-order valence-corrected chi connectivity index (χ1v) is 7.46. The van der Waals surface area contributed by atoms with Crippen molar-refractivity contribution in [1.82, 2.24) is 15.1 Å². The lowest BCUT2D eigenvalue weighted by Crippen LogP contribution is -2.29. The van der Waals surface area contributed by atoms with Crippen molar-refractivity contribution in [3.05, 3.63) is 78.4 Å². The summed E-state index contributed by atoms with van der Waals surface area (Å²) in [5, 5.41) is 6.96. The van der Waals surface area contributed by atoms with Gasteiger partial charge in [0.25, 0.3) is 5.91 Å². The van der Waals surface area contributed by atoms with Crippen molar-refractivity contribution in [3.8, 4) is 11.4 Å². The van der Waals surface area contributed by atoms with E-state index < -0.39 is 5.82 Å². The molecule has 1 heterocycles. The Morgan fingerprint density at radius 2 is 1.92 bits per heavy atom. The van der Waals surface area contributed by atoms with Gasteiger partial charge in [-0.15, -0.1) is 0 Å². The van der Waals surface area contributed by atoms with Gasteiger partial charge in [-0.2, -0.15) is 5.10 Å². The van der Waals surface area contributed by atoms with E-state index in [0.29, 0.717) is 6.54 Å². The van der Waals surface area contributed by atoms with Gasteiger partial charge in [0.15, 0.2) is 18.2 Å². The van der Waals surface area contributed by atoms with Crippen LogP contribution in [0, 0.1) is 5.82 Å². The van der Waals surface area contributed by atoms with Gasteiger partial charge in [-0.25, -0.2) is 9.07 Å².